The molecule has 25 heavy (non-hydrogen) atoms. The van der Waals surface area contributed by atoms with Crippen LogP contribution in [0.4, 0.5) is 17.5 Å². The SMILES string of the molecule is COc1ccc(CNc2ccnc(Nc3ccc(Cl)c(Cl)c3)n2)cc1. The minimum absolute atomic E-state index is 0.470. The van der Waals surface area contributed by atoms with Gasteiger partial charge in [-0.25, -0.2) is 4.98 Å². The lowest BCUT2D eigenvalue weighted by atomic mass is 10.2. The molecule has 0 aliphatic heterocycles. The fourth-order valence-corrected chi connectivity index (χ4v) is 2.45. The van der Waals surface area contributed by atoms with Crippen molar-refractivity contribution in [3.8, 4) is 5.75 Å². The van der Waals surface area contributed by atoms with Gasteiger partial charge in [0.1, 0.15) is 11.6 Å². The maximum Gasteiger partial charge on any atom is 0.229 e. The van der Waals surface area contributed by atoms with Crippen LogP contribution in [0.15, 0.2) is 54.7 Å². The highest BCUT2D eigenvalue weighted by molar-refractivity contribution is 6.42. The van der Waals surface area contributed by atoms with Crippen molar-refractivity contribution in [2.24, 2.45) is 0 Å². The normalized spacial score (nSPS) is 10.4. The van der Waals surface area contributed by atoms with E-state index in [4.69, 9.17) is 27.9 Å². The van der Waals surface area contributed by atoms with Crippen LogP contribution in [0.2, 0.25) is 10.0 Å². The Morgan fingerprint density at radius 2 is 1.80 bits per heavy atom. The van der Waals surface area contributed by atoms with E-state index < -0.39 is 0 Å². The number of methoxy groups -OCH3 is 1. The first-order valence-corrected chi connectivity index (χ1v) is 8.31. The summed E-state index contributed by atoms with van der Waals surface area (Å²) in [5.74, 6) is 2.02. The summed E-state index contributed by atoms with van der Waals surface area (Å²) in [4.78, 5) is 8.64. The average molecular weight is 375 g/mol. The molecule has 0 fully saturated rings. The van der Waals surface area contributed by atoms with Crippen LogP contribution in [0, 0.1) is 0 Å². The molecule has 0 saturated carbocycles. The third kappa shape index (κ3) is 4.75. The number of rotatable bonds is 6. The first-order chi connectivity index (χ1) is 12.1. The fourth-order valence-electron chi connectivity index (χ4n) is 2.16. The zero-order chi connectivity index (χ0) is 17.6. The van der Waals surface area contributed by atoms with Crippen molar-refractivity contribution in [1.29, 1.82) is 0 Å². The molecule has 0 bridgehead atoms. The van der Waals surface area contributed by atoms with Crippen LogP contribution < -0.4 is 15.4 Å². The van der Waals surface area contributed by atoms with Crippen LogP contribution in [0.25, 0.3) is 0 Å². The molecular weight excluding hydrogens is 359 g/mol. The molecule has 5 nitrogen and oxygen atoms in total. The van der Waals surface area contributed by atoms with Gasteiger partial charge in [0.15, 0.2) is 0 Å². The van der Waals surface area contributed by atoms with Crippen LogP contribution in [-0.2, 0) is 6.54 Å². The molecule has 128 valence electrons. The summed E-state index contributed by atoms with van der Waals surface area (Å²) in [6.45, 7) is 0.646. The first kappa shape index (κ1) is 17.3. The molecule has 0 aliphatic carbocycles. The van der Waals surface area contributed by atoms with Gasteiger partial charge in [-0.05, 0) is 42.0 Å². The molecule has 0 aliphatic rings. The Balaban J connectivity index is 1.65. The molecule has 0 spiro atoms. The summed E-state index contributed by atoms with van der Waals surface area (Å²) in [6.07, 6.45) is 1.68. The second-order valence-corrected chi connectivity index (χ2v) is 6.04. The van der Waals surface area contributed by atoms with E-state index in [1.54, 1.807) is 25.4 Å². The predicted octanol–water partition coefficient (Wildman–Crippen LogP) is 5.15. The van der Waals surface area contributed by atoms with Gasteiger partial charge in [-0.1, -0.05) is 35.3 Å². The number of benzene rings is 2. The molecule has 3 rings (SSSR count). The molecule has 0 radical (unpaired) electrons. The Kier molecular flexibility index (Phi) is 5.58. The summed E-state index contributed by atoms with van der Waals surface area (Å²) in [6, 6.07) is 14.9. The molecule has 2 N–H and O–H groups in total. The summed E-state index contributed by atoms with van der Waals surface area (Å²) in [7, 11) is 1.65. The number of hydrogen-bond donors (Lipinski definition) is 2. The van der Waals surface area contributed by atoms with Crippen LogP contribution in [-0.4, -0.2) is 17.1 Å². The molecule has 0 amide bonds. The fraction of sp³-hybridized carbons (Fsp3) is 0.111. The quantitative estimate of drug-likeness (QED) is 0.624. The van der Waals surface area contributed by atoms with Crippen molar-refractivity contribution < 1.29 is 4.74 Å². The van der Waals surface area contributed by atoms with Crippen LogP contribution in [0.3, 0.4) is 0 Å². The number of aromatic nitrogens is 2. The van der Waals surface area contributed by atoms with Gasteiger partial charge in [-0.3, -0.25) is 0 Å². The second kappa shape index (κ2) is 8.05. The highest BCUT2D eigenvalue weighted by atomic mass is 35.5. The zero-order valence-electron chi connectivity index (χ0n) is 13.5. The van der Waals surface area contributed by atoms with Crippen LogP contribution >= 0.6 is 23.2 Å². The molecule has 1 aromatic heterocycles. The van der Waals surface area contributed by atoms with Crippen molar-refractivity contribution >= 4 is 40.7 Å². The molecule has 0 saturated heterocycles. The topological polar surface area (TPSA) is 59.1 Å². The second-order valence-electron chi connectivity index (χ2n) is 5.22. The summed E-state index contributed by atoms with van der Waals surface area (Å²) in [5, 5.41) is 7.35. The molecule has 1 heterocycles. The smallest absolute Gasteiger partial charge is 0.229 e. The van der Waals surface area contributed by atoms with Gasteiger partial charge in [0.25, 0.3) is 0 Å². The van der Waals surface area contributed by atoms with Crippen molar-refractivity contribution in [2.75, 3.05) is 17.7 Å². The molecular formula is C18H16Cl2N4O. The Morgan fingerprint density at radius 3 is 2.52 bits per heavy atom. The van der Waals surface area contributed by atoms with Gasteiger partial charge >= 0.3 is 0 Å². The minimum atomic E-state index is 0.470. The number of nitrogens with one attached hydrogen (secondary N) is 2. The Labute approximate surface area is 156 Å². The van der Waals surface area contributed by atoms with E-state index in [-0.39, 0.29) is 0 Å². The van der Waals surface area contributed by atoms with E-state index in [0.717, 1.165) is 17.0 Å². The van der Waals surface area contributed by atoms with E-state index in [1.165, 1.54) is 0 Å². The number of nitrogens with zero attached hydrogens (tertiary/aromatic N) is 2. The van der Waals surface area contributed by atoms with Crippen molar-refractivity contribution in [3.05, 3.63) is 70.3 Å². The highest BCUT2D eigenvalue weighted by Crippen LogP contribution is 2.26. The van der Waals surface area contributed by atoms with Gasteiger partial charge < -0.3 is 15.4 Å². The third-order valence-electron chi connectivity index (χ3n) is 3.46. The van der Waals surface area contributed by atoms with Crippen molar-refractivity contribution in [1.82, 2.24) is 9.97 Å². The summed E-state index contributed by atoms with van der Waals surface area (Å²) in [5.41, 5.74) is 1.89. The monoisotopic (exact) mass is 374 g/mol. The molecule has 2 aromatic carbocycles. The average Bonchev–Trinajstić information content (AvgIpc) is 2.64. The van der Waals surface area contributed by atoms with Crippen LogP contribution in [0.1, 0.15) is 5.56 Å². The number of hydrogen-bond acceptors (Lipinski definition) is 5. The Bertz CT molecular complexity index is 856. The van der Waals surface area contributed by atoms with E-state index in [2.05, 4.69) is 20.6 Å². The van der Waals surface area contributed by atoms with Gasteiger partial charge in [0, 0.05) is 18.4 Å². The zero-order valence-corrected chi connectivity index (χ0v) is 15.0. The minimum Gasteiger partial charge on any atom is -0.497 e. The van der Waals surface area contributed by atoms with E-state index >= 15 is 0 Å². The van der Waals surface area contributed by atoms with Gasteiger partial charge in [-0.15, -0.1) is 0 Å². The Morgan fingerprint density at radius 1 is 1.00 bits per heavy atom. The van der Waals surface area contributed by atoms with E-state index in [1.807, 2.05) is 36.4 Å². The van der Waals surface area contributed by atoms with Crippen molar-refractivity contribution in [3.63, 3.8) is 0 Å². The lowest BCUT2D eigenvalue weighted by Gasteiger charge is -2.09. The first-order valence-electron chi connectivity index (χ1n) is 7.56. The van der Waals surface area contributed by atoms with Gasteiger partial charge in [0.05, 0.1) is 17.2 Å². The summed E-state index contributed by atoms with van der Waals surface area (Å²) < 4.78 is 5.15. The Hall–Kier alpha value is -2.50. The number of anilines is 3. The summed E-state index contributed by atoms with van der Waals surface area (Å²) >= 11 is 11.9. The van der Waals surface area contributed by atoms with E-state index in [9.17, 15) is 0 Å². The lowest BCUT2D eigenvalue weighted by molar-refractivity contribution is 0.414. The number of ether oxygens (including phenoxy) is 1. The maximum atomic E-state index is 6.02. The number of halogens is 2. The standard InChI is InChI=1S/C18H16Cl2N4O/c1-25-14-5-2-12(3-6-14)11-22-17-8-9-21-18(24-17)23-13-4-7-15(19)16(20)10-13/h2-10H,11H2,1H3,(H2,21,22,23,24). The highest BCUT2D eigenvalue weighted by Gasteiger charge is 2.03. The lowest BCUT2D eigenvalue weighted by Crippen LogP contribution is -2.04. The predicted molar refractivity (Wildman–Crippen MR) is 102 cm³/mol. The largest absolute Gasteiger partial charge is 0.497 e. The molecule has 0 atom stereocenters. The molecule has 7 heteroatoms. The van der Waals surface area contributed by atoms with Crippen molar-refractivity contribution in [2.45, 2.75) is 6.54 Å². The van der Waals surface area contributed by atoms with Gasteiger partial charge in [-0.2, -0.15) is 4.98 Å². The maximum absolute atomic E-state index is 6.02. The molecule has 0 unspecified atom stereocenters. The van der Waals surface area contributed by atoms with Crippen LogP contribution in [0.5, 0.6) is 5.75 Å². The molecule has 3 aromatic rings. The van der Waals surface area contributed by atoms with E-state index in [0.29, 0.717) is 28.4 Å². The van der Waals surface area contributed by atoms with Gasteiger partial charge in [0.2, 0.25) is 5.95 Å². The third-order valence-corrected chi connectivity index (χ3v) is 4.20.